The molecule has 0 fully saturated rings. The van der Waals surface area contributed by atoms with Crippen LogP contribution in [0.3, 0.4) is 0 Å². The molecule has 0 bridgehead atoms. The molecule has 1 unspecified atom stereocenters. The van der Waals surface area contributed by atoms with Gasteiger partial charge in [0, 0.05) is 12.3 Å². The maximum atomic E-state index is 11.8. The molecule has 0 saturated heterocycles. The summed E-state index contributed by atoms with van der Waals surface area (Å²) in [4.78, 5) is 15.9. The van der Waals surface area contributed by atoms with Gasteiger partial charge < -0.3 is 14.3 Å². The maximum absolute atomic E-state index is 11.8. The van der Waals surface area contributed by atoms with E-state index in [9.17, 15) is 4.79 Å². The maximum Gasteiger partial charge on any atom is 0.306 e. The van der Waals surface area contributed by atoms with Gasteiger partial charge in [0.05, 0.1) is 19.6 Å². The lowest BCUT2D eigenvalue weighted by Crippen LogP contribution is -2.12. The minimum absolute atomic E-state index is 0.0598. The fourth-order valence-corrected chi connectivity index (χ4v) is 2.18. The Bertz CT molecular complexity index is 565. The monoisotopic (exact) mass is 289 g/mol. The Morgan fingerprint density at radius 2 is 2.14 bits per heavy atom. The second kappa shape index (κ2) is 7.59. The lowest BCUT2D eigenvalue weighted by atomic mass is 9.92. The Morgan fingerprint density at radius 3 is 2.76 bits per heavy atom. The van der Waals surface area contributed by atoms with Crippen LogP contribution in [-0.2, 0) is 22.6 Å². The third-order valence-corrected chi connectivity index (χ3v) is 3.17. The molecule has 1 heterocycles. The van der Waals surface area contributed by atoms with Crippen LogP contribution in [0.15, 0.2) is 41.0 Å². The first-order valence-electron chi connectivity index (χ1n) is 6.97. The molecule has 0 amide bonds. The van der Waals surface area contributed by atoms with Gasteiger partial charge in [-0.15, -0.1) is 0 Å². The molecule has 21 heavy (non-hydrogen) atoms. The van der Waals surface area contributed by atoms with Crippen LogP contribution in [0.2, 0.25) is 0 Å². The Hall–Kier alpha value is -2.14. The summed E-state index contributed by atoms with van der Waals surface area (Å²) in [6.07, 6.45) is 2.19. The van der Waals surface area contributed by atoms with E-state index in [1.807, 2.05) is 30.3 Å². The van der Waals surface area contributed by atoms with E-state index in [0.717, 1.165) is 5.56 Å². The van der Waals surface area contributed by atoms with Crippen molar-refractivity contribution >= 4 is 5.97 Å². The zero-order valence-corrected chi connectivity index (χ0v) is 12.0. The molecule has 1 atom stereocenters. The van der Waals surface area contributed by atoms with Crippen molar-refractivity contribution in [2.24, 2.45) is 0 Å². The highest BCUT2D eigenvalue weighted by Gasteiger charge is 2.20. The van der Waals surface area contributed by atoms with Gasteiger partial charge in [-0.1, -0.05) is 30.3 Å². The molecule has 5 heteroatoms. The van der Waals surface area contributed by atoms with Crippen LogP contribution in [0.1, 0.15) is 36.4 Å². The molecule has 0 aliphatic rings. The van der Waals surface area contributed by atoms with E-state index in [2.05, 4.69) is 4.98 Å². The number of oxazole rings is 1. The molecule has 0 saturated carbocycles. The Labute approximate surface area is 123 Å². The summed E-state index contributed by atoms with van der Waals surface area (Å²) >= 11 is 0. The van der Waals surface area contributed by atoms with Gasteiger partial charge in [-0.05, 0) is 12.5 Å². The largest absolute Gasteiger partial charge is 0.466 e. The van der Waals surface area contributed by atoms with Gasteiger partial charge in [0.2, 0.25) is 0 Å². The number of ether oxygens (including phenoxy) is 1. The average Bonchev–Trinajstić information content (AvgIpc) is 2.95. The number of carbonyl (C=O) groups excluding carboxylic acids is 1. The second-order valence-electron chi connectivity index (χ2n) is 4.71. The first-order chi connectivity index (χ1) is 10.2. The minimum Gasteiger partial charge on any atom is -0.466 e. The van der Waals surface area contributed by atoms with Crippen LogP contribution in [0.25, 0.3) is 0 Å². The molecule has 0 radical (unpaired) electrons. The summed E-state index contributed by atoms with van der Waals surface area (Å²) in [7, 11) is 0. The highest BCUT2D eigenvalue weighted by Crippen LogP contribution is 2.24. The van der Waals surface area contributed by atoms with Gasteiger partial charge >= 0.3 is 5.97 Å². The lowest BCUT2D eigenvalue weighted by Gasteiger charge is -2.14. The second-order valence-corrected chi connectivity index (χ2v) is 4.71. The summed E-state index contributed by atoms with van der Waals surface area (Å²) < 4.78 is 10.4. The molecule has 0 aliphatic heterocycles. The average molecular weight is 289 g/mol. The predicted molar refractivity (Wildman–Crippen MR) is 76.6 cm³/mol. The number of hydrogen-bond donors (Lipinski definition) is 1. The van der Waals surface area contributed by atoms with Crippen LogP contribution in [-0.4, -0.2) is 22.7 Å². The van der Waals surface area contributed by atoms with Crippen molar-refractivity contribution in [3.63, 3.8) is 0 Å². The van der Waals surface area contributed by atoms with Crippen molar-refractivity contribution < 1.29 is 19.1 Å². The quantitative estimate of drug-likeness (QED) is 0.793. The third kappa shape index (κ3) is 4.43. The normalized spacial score (nSPS) is 12.1. The van der Waals surface area contributed by atoms with Crippen LogP contribution in [0.5, 0.6) is 0 Å². The molecule has 1 aromatic heterocycles. The van der Waals surface area contributed by atoms with Crippen molar-refractivity contribution in [3.8, 4) is 0 Å². The molecule has 2 aromatic rings. The highest BCUT2D eigenvalue weighted by atomic mass is 16.5. The summed E-state index contributed by atoms with van der Waals surface area (Å²) in [5.41, 5.74) is 1.53. The number of rotatable bonds is 7. The molecule has 1 aromatic carbocycles. The molecular weight excluding hydrogens is 270 g/mol. The number of nitrogens with zero attached hydrogens (tertiary/aromatic N) is 1. The SMILES string of the molecule is CCOC(=O)CC(Cc1nc(CO)co1)c1ccccc1. The fourth-order valence-electron chi connectivity index (χ4n) is 2.18. The summed E-state index contributed by atoms with van der Waals surface area (Å²) in [6, 6.07) is 9.74. The first-order valence-corrected chi connectivity index (χ1v) is 6.97. The lowest BCUT2D eigenvalue weighted by molar-refractivity contribution is -0.143. The van der Waals surface area contributed by atoms with Gasteiger partial charge in [0.15, 0.2) is 5.89 Å². The van der Waals surface area contributed by atoms with Gasteiger partial charge in [0.25, 0.3) is 0 Å². The van der Waals surface area contributed by atoms with Crippen molar-refractivity contribution in [2.45, 2.75) is 32.3 Å². The summed E-state index contributed by atoms with van der Waals surface area (Å²) in [5.74, 6) is 0.216. The number of esters is 1. The zero-order valence-electron chi connectivity index (χ0n) is 12.0. The van der Waals surface area contributed by atoms with E-state index in [1.54, 1.807) is 6.92 Å². The third-order valence-electron chi connectivity index (χ3n) is 3.17. The molecule has 112 valence electrons. The number of aromatic nitrogens is 1. The summed E-state index contributed by atoms with van der Waals surface area (Å²) in [6.45, 7) is 2.00. The topological polar surface area (TPSA) is 72.6 Å². The number of benzene rings is 1. The number of aliphatic hydroxyl groups excluding tert-OH is 1. The van der Waals surface area contributed by atoms with Crippen molar-refractivity contribution in [3.05, 3.63) is 53.7 Å². The van der Waals surface area contributed by atoms with E-state index in [4.69, 9.17) is 14.3 Å². The highest BCUT2D eigenvalue weighted by molar-refractivity contribution is 5.70. The van der Waals surface area contributed by atoms with Gasteiger partial charge in [-0.2, -0.15) is 0 Å². The van der Waals surface area contributed by atoms with Crippen LogP contribution in [0.4, 0.5) is 0 Å². The molecule has 1 N–H and O–H groups in total. The number of hydrogen-bond acceptors (Lipinski definition) is 5. The van der Waals surface area contributed by atoms with Crippen LogP contribution < -0.4 is 0 Å². The molecule has 2 rings (SSSR count). The Balaban J connectivity index is 2.13. The Kier molecular flexibility index (Phi) is 5.51. The zero-order chi connectivity index (χ0) is 15.1. The van der Waals surface area contributed by atoms with E-state index in [1.165, 1.54) is 6.26 Å². The van der Waals surface area contributed by atoms with Crippen molar-refractivity contribution in [1.29, 1.82) is 0 Å². The van der Waals surface area contributed by atoms with Crippen molar-refractivity contribution in [2.75, 3.05) is 6.61 Å². The minimum atomic E-state index is -0.236. The van der Waals surface area contributed by atoms with Crippen LogP contribution >= 0.6 is 0 Å². The van der Waals surface area contributed by atoms with Crippen LogP contribution in [0, 0.1) is 0 Å². The molecular formula is C16H19NO4. The van der Waals surface area contributed by atoms with E-state index in [-0.39, 0.29) is 24.9 Å². The summed E-state index contributed by atoms with van der Waals surface area (Å²) in [5, 5.41) is 9.02. The first kappa shape index (κ1) is 15.3. The van der Waals surface area contributed by atoms with Gasteiger partial charge in [0.1, 0.15) is 12.0 Å². The molecule has 5 nitrogen and oxygen atoms in total. The van der Waals surface area contributed by atoms with Gasteiger partial charge in [-0.3, -0.25) is 4.79 Å². The predicted octanol–water partition coefficient (Wildman–Crippen LogP) is 2.45. The van der Waals surface area contributed by atoms with E-state index >= 15 is 0 Å². The number of carbonyl (C=O) groups is 1. The van der Waals surface area contributed by atoms with Gasteiger partial charge in [-0.25, -0.2) is 4.98 Å². The fraction of sp³-hybridized carbons (Fsp3) is 0.375. The smallest absolute Gasteiger partial charge is 0.306 e. The van der Waals surface area contributed by atoms with E-state index in [0.29, 0.717) is 24.6 Å². The van der Waals surface area contributed by atoms with Crippen molar-refractivity contribution in [1.82, 2.24) is 4.98 Å². The molecule has 0 aliphatic carbocycles. The molecule has 0 spiro atoms. The standard InChI is InChI=1S/C16H19NO4/c1-2-20-16(19)9-13(12-6-4-3-5-7-12)8-15-17-14(10-18)11-21-15/h3-7,11,13,18H,2,8-10H2,1H3. The number of aliphatic hydroxyl groups is 1. The van der Waals surface area contributed by atoms with E-state index < -0.39 is 0 Å². The Morgan fingerprint density at radius 1 is 1.38 bits per heavy atom.